The fraction of sp³-hybridized carbons (Fsp3) is 0.462. The van der Waals surface area contributed by atoms with Crippen molar-refractivity contribution in [3.05, 3.63) is 29.6 Å². The van der Waals surface area contributed by atoms with Gasteiger partial charge in [0.2, 0.25) is 0 Å². The summed E-state index contributed by atoms with van der Waals surface area (Å²) < 4.78 is 0. The highest BCUT2D eigenvalue weighted by Gasteiger charge is 2.12. The van der Waals surface area contributed by atoms with Crippen LogP contribution in [0.2, 0.25) is 0 Å². The molecule has 1 amide bonds. The number of carbonyl (C=O) groups excluding carboxylic acids is 1. The molecular formula is C13H18N2O3. The molecule has 0 aliphatic rings. The van der Waals surface area contributed by atoms with E-state index in [2.05, 4.69) is 17.2 Å². The van der Waals surface area contributed by atoms with Gasteiger partial charge in [0.1, 0.15) is 5.69 Å². The number of hydrogen-bond donors (Lipinski definition) is 2. The maximum absolute atomic E-state index is 11.9. The van der Waals surface area contributed by atoms with Gasteiger partial charge in [0, 0.05) is 12.2 Å². The number of carboxylic acid groups (broad SMARTS) is 1. The average molecular weight is 250 g/mol. The first kappa shape index (κ1) is 14.2. The fourth-order valence-corrected chi connectivity index (χ4v) is 1.65. The summed E-state index contributed by atoms with van der Waals surface area (Å²) in [6, 6.07) is 2.96. The smallest absolute Gasteiger partial charge is 0.354 e. The first-order valence-electron chi connectivity index (χ1n) is 6.08. The van der Waals surface area contributed by atoms with E-state index in [1.807, 2.05) is 6.92 Å². The molecule has 1 rings (SSSR count). The highest BCUT2D eigenvalue weighted by atomic mass is 16.4. The van der Waals surface area contributed by atoms with Gasteiger partial charge in [-0.3, -0.25) is 4.79 Å². The van der Waals surface area contributed by atoms with Crippen LogP contribution in [0.3, 0.4) is 0 Å². The Labute approximate surface area is 106 Å². The third-order valence-electron chi connectivity index (χ3n) is 2.71. The molecule has 5 heteroatoms. The number of rotatable bonds is 6. The quantitative estimate of drug-likeness (QED) is 0.810. The van der Waals surface area contributed by atoms with Crippen LogP contribution >= 0.6 is 0 Å². The van der Waals surface area contributed by atoms with Gasteiger partial charge >= 0.3 is 5.97 Å². The summed E-state index contributed by atoms with van der Waals surface area (Å²) in [6.45, 7) is 4.09. The van der Waals surface area contributed by atoms with Gasteiger partial charge in [-0.05, 0) is 25.0 Å². The number of hydrogen-bond acceptors (Lipinski definition) is 3. The van der Waals surface area contributed by atoms with Crippen molar-refractivity contribution >= 4 is 11.9 Å². The summed E-state index contributed by atoms with van der Waals surface area (Å²) >= 11 is 0. The second kappa shape index (κ2) is 6.74. The number of carboxylic acids is 1. The van der Waals surface area contributed by atoms with E-state index in [4.69, 9.17) is 5.11 Å². The van der Waals surface area contributed by atoms with Crippen LogP contribution in [-0.4, -0.2) is 28.0 Å². The summed E-state index contributed by atoms with van der Waals surface area (Å²) in [5.74, 6) is -1.31. The highest BCUT2D eigenvalue weighted by molar-refractivity contribution is 5.95. The molecule has 0 aromatic carbocycles. The predicted molar refractivity (Wildman–Crippen MR) is 67.6 cm³/mol. The molecule has 1 aromatic heterocycles. The number of aromatic carboxylic acids is 1. The molecule has 0 radical (unpaired) electrons. The van der Waals surface area contributed by atoms with Gasteiger partial charge in [-0.25, -0.2) is 9.78 Å². The van der Waals surface area contributed by atoms with Gasteiger partial charge < -0.3 is 10.4 Å². The first-order valence-corrected chi connectivity index (χ1v) is 6.08. The molecule has 0 aliphatic heterocycles. The molecule has 5 nitrogen and oxygen atoms in total. The van der Waals surface area contributed by atoms with Crippen molar-refractivity contribution in [1.82, 2.24) is 10.3 Å². The lowest BCUT2D eigenvalue weighted by molar-refractivity contribution is 0.0689. The number of carbonyl (C=O) groups is 2. The highest BCUT2D eigenvalue weighted by Crippen LogP contribution is 2.05. The maximum atomic E-state index is 11.9. The molecule has 1 heterocycles. The van der Waals surface area contributed by atoms with Crippen molar-refractivity contribution in [2.75, 3.05) is 0 Å². The molecule has 1 unspecified atom stereocenters. The molecule has 1 aromatic rings. The molecule has 0 spiro atoms. The molecule has 2 N–H and O–H groups in total. The largest absolute Gasteiger partial charge is 0.477 e. The van der Waals surface area contributed by atoms with Crippen LogP contribution in [0.4, 0.5) is 0 Å². The van der Waals surface area contributed by atoms with Crippen LogP contribution in [0.25, 0.3) is 0 Å². The van der Waals surface area contributed by atoms with Crippen LogP contribution in [0.15, 0.2) is 18.3 Å². The van der Waals surface area contributed by atoms with Gasteiger partial charge in [-0.15, -0.1) is 0 Å². The summed E-state index contributed by atoms with van der Waals surface area (Å²) in [7, 11) is 0. The molecule has 0 aliphatic carbocycles. The normalized spacial score (nSPS) is 11.9. The lowest BCUT2D eigenvalue weighted by atomic mass is 10.1. The third-order valence-corrected chi connectivity index (χ3v) is 2.71. The van der Waals surface area contributed by atoms with E-state index in [9.17, 15) is 9.59 Å². The van der Waals surface area contributed by atoms with E-state index >= 15 is 0 Å². The minimum atomic E-state index is -1.10. The van der Waals surface area contributed by atoms with Crippen LogP contribution in [0, 0.1) is 0 Å². The third kappa shape index (κ3) is 3.84. The SMILES string of the molecule is CCCC(CC)NC(=O)c1ccc(C(=O)O)nc1. The van der Waals surface area contributed by atoms with Gasteiger partial charge in [0.05, 0.1) is 5.56 Å². The maximum Gasteiger partial charge on any atom is 0.354 e. The summed E-state index contributed by atoms with van der Waals surface area (Å²) in [6.07, 6.45) is 4.11. The summed E-state index contributed by atoms with van der Waals surface area (Å²) in [5.41, 5.74) is 0.321. The van der Waals surface area contributed by atoms with Crippen LogP contribution in [-0.2, 0) is 0 Å². The summed E-state index contributed by atoms with van der Waals surface area (Å²) in [4.78, 5) is 26.2. The van der Waals surface area contributed by atoms with Crippen molar-refractivity contribution in [1.29, 1.82) is 0 Å². The van der Waals surface area contributed by atoms with E-state index < -0.39 is 5.97 Å². The minimum Gasteiger partial charge on any atom is -0.477 e. The first-order chi connectivity index (χ1) is 8.58. The fourth-order valence-electron chi connectivity index (χ4n) is 1.65. The number of pyridine rings is 1. The Morgan fingerprint density at radius 2 is 2.11 bits per heavy atom. The number of amides is 1. The van der Waals surface area contributed by atoms with Crippen molar-refractivity contribution in [3.8, 4) is 0 Å². The van der Waals surface area contributed by atoms with E-state index in [0.29, 0.717) is 5.56 Å². The molecule has 0 fully saturated rings. The molecule has 1 atom stereocenters. The number of nitrogens with zero attached hydrogens (tertiary/aromatic N) is 1. The van der Waals surface area contributed by atoms with Gasteiger partial charge in [-0.2, -0.15) is 0 Å². The zero-order valence-electron chi connectivity index (χ0n) is 10.6. The van der Waals surface area contributed by atoms with Crippen LogP contribution in [0.1, 0.15) is 54.0 Å². The summed E-state index contributed by atoms with van der Waals surface area (Å²) in [5, 5.41) is 11.6. The lowest BCUT2D eigenvalue weighted by Crippen LogP contribution is -2.34. The molecule has 98 valence electrons. The van der Waals surface area contributed by atoms with Crippen LogP contribution < -0.4 is 5.32 Å². The second-order valence-corrected chi connectivity index (χ2v) is 4.10. The Balaban J connectivity index is 2.69. The molecule has 0 bridgehead atoms. The molecule has 0 saturated heterocycles. The van der Waals surface area contributed by atoms with Gasteiger partial charge in [0.25, 0.3) is 5.91 Å². The van der Waals surface area contributed by atoms with Gasteiger partial charge in [0.15, 0.2) is 0 Å². The molecular weight excluding hydrogens is 232 g/mol. The van der Waals surface area contributed by atoms with Crippen molar-refractivity contribution < 1.29 is 14.7 Å². The van der Waals surface area contributed by atoms with E-state index in [1.54, 1.807) is 0 Å². The Kier molecular flexibility index (Phi) is 5.30. The predicted octanol–water partition coefficient (Wildman–Crippen LogP) is 2.09. The average Bonchev–Trinajstić information content (AvgIpc) is 2.38. The second-order valence-electron chi connectivity index (χ2n) is 4.10. The Hall–Kier alpha value is -1.91. The minimum absolute atomic E-state index is 0.0628. The zero-order valence-corrected chi connectivity index (χ0v) is 10.6. The topological polar surface area (TPSA) is 79.3 Å². The van der Waals surface area contributed by atoms with E-state index in [1.165, 1.54) is 18.3 Å². The monoisotopic (exact) mass is 250 g/mol. The Morgan fingerprint density at radius 1 is 1.39 bits per heavy atom. The van der Waals surface area contributed by atoms with Crippen molar-refractivity contribution in [2.45, 2.75) is 39.2 Å². The number of aromatic nitrogens is 1. The Bertz CT molecular complexity index is 415. The van der Waals surface area contributed by atoms with E-state index in [-0.39, 0.29) is 17.6 Å². The molecule has 0 saturated carbocycles. The van der Waals surface area contributed by atoms with Crippen molar-refractivity contribution in [3.63, 3.8) is 0 Å². The number of nitrogens with one attached hydrogen (secondary N) is 1. The van der Waals surface area contributed by atoms with Crippen LogP contribution in [0.5, 0.6) is 0 Å². The van der Waals surface area contributed by atoms with Gasteiger partial charge in [-0.1, -0.05) is 20.3 Å². The standard InChI is InChI=1S/C13H18N2O3/c1-3-5-10(4-2)15-12(16)9-6-7-11(13(17)18)14-8-9/h6-8,10H,3-5H2,1-2H3,(H,15,16)(H,17,18). The van der Waals surface area contributed by atoms with Crippen molar-refractivity contribution in [2.24, 2.45) is 0 Å². The zero-order chi connectivity index (χ0) is 13.5. The van der Waals surface area contributed by atoms with E-state index in [0.717, 1.165) is 19.3 Å². The molecule has 18 heavy (non-hydrogen) atoms. The lowest BCUT2D eigenvalue weighted by Gasteiger charge is -2.15. The Morgan fingerprint density at radius 3 is 2.56 bits per heavy atom.